The molecule has 0 spiro atoms. The molecule has 0 saturated carbocycles. The van der Waals surface area contributed by atoms with E-state index in [9.17, 15) is 14.4 Å². The number of rotatable bonds is 3. The SMILES string of the molecule is O=C(CCN1C(=O)C2CC=CCC2C1=O)N1CCCCCC1. The Balaban J connectivity index is 1.56. The minimum absolute atomic E-state index is 0.0792. The average molecular weight is 304 g/mol. The van der Waals surface area contributed by atoms with Crippen molar-refractivity contribution in [2.45, 2.75) is 44.9 Å². The number of likely N-dealkylation sites (tertiary alicyclic amines) is 2. The fourth-order valence-corrected chi connectivity index (χ4v) is 3.78. The Morgan fingerprint density at radius 2 is 1.50 bits per heavy atom. The minimum Gasteiger partial charge on any atom is -0.343 e. The summed E-state index contributed by atoms with van der Waals surface area (Å²) < 4.78 is 0. The van der Waals surface area contributed by atoms with Crippen molar-refractivity contribution in [3.05, 3.63) is 12.2 Å². The van der Waals surface area contributed by atoms with E-state index in [1.54, 1.807) is 0 Å². The maximum Gasteiger partial charge on any atom is 0.233 e. The molecule has 2 atom stereocenters. The topological polar surface area (TPSA) is 57.7 Å². The number of fused-ring (bicyclic) bond motifs is 1. The zero-order valence-electron chi connectivity index (χ0n) is 13.0. The molecule has 0 aromatic rings. The van der Waals surface area contributed by atoms with Gasteiger partial charge in [-0.3, -0.25) is 19.3 Å². The number of carbonyl (C=O) groups is 3. The lowest BCUT2D eigenvalue weighted by atomic mass is 9.85. The van der Waals surface area contributed by atoms with Crippen LogP contribution in [0.1, 0.15) is 44.9 Å². The van der Waals surface area contributed by atoms with E-state index in [4.69, 9.17) is 0 Å². The van der Waals surface area contributed by atoms with Gasteiger partial charge in [0.2, 0.25) is 17.7 Å². The Hall–Kier alpha value is -1.65. The highest BCUT2D eigenvalue weighted by molar-refractivity contribution is 6.05. The second-order valence-corrected chi connectivity index (χ2v) is 6.53. The average Bonchev–Trinajstić information content (AvgIpc) is 2.75. The van der Waals surface area contributed by atoms with Crippen molar-refractivity contribution >= 4 is 17.7 Å². The Morgan fingerprint density at radius 1 is 0.955 bits per heavy atom. The maximum atomic E-state index is 12.3. The molecular formula is C17H24N2O3. The van der Waals surface area contributed by atoms with E-state index in [0.29, 0.717) is 12.8 Å². The number of imide groups is 1. The van der Waals surface area contributed by atoms with Gasteiger partial charge in [-0.25, -0.2) is 0 Å². The second-order valence-electron chi connectivity index (χ2n) is 6.53. The molecule has 2 heterocycles. The van der Waals surface area contributed by atoms with Crippen molar-refractivity contribution in [3.63, 3.8) is 0 Å². The van der Waals surface area contributed by atoms with Crippen LogP contribution in [0.4, 0.5) is 0 Å². The summed E-state index contributed by atoms with van der Waals surface area (Å²) in [6.07, 6.45) is 10.0. The molecule has 5 nitrogen and oxygen atoms in total. The number of hydrogen-bond donors (Lipinski definition) is 0. The van der Waals surface area contributed by atoms with Gasteiger partial charge in [-0.05, 0) is 25.7 Å². The summed E-state index contributed by atoms with van der Waals surface area (Å²) in [5.74, 6) is -0.460. The molecule has 22 heavy (non-hydrogen) atoms. The predicted molar refractivity (Wildman–Crippen MR) is 81.7 cm³/mol. The van der Waals surface area contributed by atoms with E-state index in [0.717, 1.165) is 25.9 Å². The first-order valence-electron chi connectivity index (χ1n) is 8.46. The maximum absolute atomic E-state index is 12.3. The van der Waals surface area contributed by atoms with Crippen LogP contribution < -0.4 is 0 Å². The zero-order valence-corrected chi connectivity index (χ0v) is 13.0. The van der Waals surface area contributed by atoms with Crippen molar-refractivity contribution < 1.29 is 14.4 Å². The van der Waals surface area contributed by atoms with Crippen LogP contribution in [0.3, 0.4) is 0 Å². The molecule has 3 rings (SSSR count). The molecule has 0 radical (unpaired) electrons. The molecule has 2 saturated heterocycles. The normalized spacial score (nSPS) is 28.7. The Morgan fingerprint density at radius 3 is 2.05 bits per heavy atom. The number of carbonyl (C=O) groups excluding carboxylic acids is 3. The molecule has 120 valence electrons. The fourth-order valence-electron chi connectivity index (χ4n) is 3.78. The lowest BCUT2D eigenvalue weighted by Gasteiger charge is -2.22. The summed E-state index contributed by atoms with van der Waals surface area (Å²) in [7, 11) is 0. The van der Waals surface area contributed by atoms with Crippen LogP contribution in [0.5, 0.6) is 0 Å². The number of hydrogen-bond acceptors (Lipinski definition) is 3. The van der Waals surface area contributed by atoms with Gasteiger partial charge in [-0.2, -0.15) is 0 Å². The van der Waals surface area contributed by atoms with Crippen molar-refractivity contribution in [1.82, 2.24) is 9.80 Å². The van der Waals surface area contributed by atoms with E-state index < -0.39 is 0 Å². The molecule has 2 fully saturated rings. The van der Waals surface area contributed by atoms with E-state index in [2.05, 4.69) is 0 Å². The highest BCUT2D eigenvalue weighted by Gasteiger charge is 2.46. The van der Waals surface area contributed by atoms with Crippen molar-refractivity contribution in [2.24, 2.45) is 11.8 Å². The summed E-state index contributed by atoms with van der Waals surface area (Å²) in [5.41, 5.74) is 0. The largest absolute Gasteiger partial charge is 0.343 e. The monoisotopic (exact) mass is 304 g/mol. The van der Waals surface area contributed by atoms with Crippen LogP contribution in [-0.4, -0.2) is 47.2 Å². The Labute approximate surface area is 131 Å². The van der Waals surface area contributed by atoms with Gasteiger partial charge in [-0.15, -0.1) is 0 Å². The van der Waals surface area contributed by atoms with E-state index in [1.807, 2.05) is 17.1 Å². The highest BCUT2D eigenvalue weighted by Crippen LogP contribution is 2.35. The lowest BCUT2D eigenvalue weighted by Crippen LogP contribution is -2.37. The third kappa shape index (κ3) is 2.94. The number of amides is 3. The predicted octanol–water partition coefficient (Wildman–Crippen LogP) is 1.73. The molecule has 0 N–H and O–H groups in total. The molecular weight excluding hydrogens is 280 g/mol. The van der Waals surface area contributed by atoms with Gasteiger partial charge >= 0.3 is 0 Å². The smallest absolute Gasteiger partial charge is 0.233 e. The van der Waals surface area contributed by atoms with Gasteiger partial charge in [-0.1, -0.05) is 25.0 Å². The molecule has 3 aliphatic rings. The molecule has 0 aromatic carbocycles. The molecule has 0 bridgehead atoms. The van der Waals surface area contributed by atoms with E-state index >= 15 is 0 Å². The van der Waals surface area contributed by atoms with Gasteiger partial charge in [0.25, 0.3) is 0 Å². The Bertz CT molecular complexity index is 466. The summed E-state index contributed by atoms with van der Waals surface area (Å²) in [6, 6.07) is 0. The molecule has 5 heteroatoms. The number of allylic oxidation sites excluding steroid dienone is 2. The first kappa shape index (κ1) is 15.3. The lowest BCUT2D eigenvalue weighted by molar-refractivity contribution is -0.140. The zero-order chi connectivity index (χ0) is 15.5. The van der Waals surface area contributed by atoms with Crippen LogP contribution in [0.15, 0.2) is 12.2 Å². The van der Waals surface area contributed by atoms with Gasteiger partial charge in [0.15, 0.2) is 0 Å². The first-order chi connectivity index (χ1) is 10.7. The third-order valence-corrected chi connectivity index (χ3v) is 5.11. The third-order valence-electron chi connectivity index (χ3n) is 5.11. The number of nitrogens with zero attached hydrogens (tertiary/aromatic N) is 2. The van der Waals surface area contributed by atoms with Crippen LogP contribution in [0.2, 0.25) is 0 Å². The summed E-state index contributed by atoms with van der Waals surface area (Å²) in [5, 5.41) is 0. The van der Waals surface area contributed by atoms with Gasteiger partial charge in [0, 0.05) is 26.1 Å². The van der Waals surface area contributed by atoms with Crippen molar-refractivity contribution in [2.75, 3.05) is 19.6 Å². The van der Waals surface area contributed by atoms with E-state index in [1.165, 1.54) is 17.7 Å². The van der Waals surface area contributed by atoms with Crippen molar-refractivity contribution in [3.8, 4) is 0 Å². The Kier molecular flexibility index (Phi) is 4.60. The molecule has 1 aliphatic carbocycles. The standard InChI is InChI=1S/C17H24N2O3/c20-15(18-10-5-1-2-6-11-18)9-12-19-16(21)13-7-3-4-8-14(13)17(19)22/h3-4,13-14H,1-2,5-12H2. The fraction of sp³-hybridized carbons (Fsp3) is 0.706. The summed E-state index contributed by atoms with van der Waals surface area (Å²) in [6.45, 7) is 1.88. The van der Waals surface area contributed by atoms with Crippen LogP contribution >= 0.6 is 0 Å². The summed E-state index contributed by atoms with van der Waals surface area (Å²) >= 11 is 0. The van der Waals surface area contributed by atoms with Crippen LogP contribution in [0.25, 0.3) is 0 Å². The van der Waals surface area contributed by atoms with Gasteiger partial charge < -0.3 is 4.90 Å². The molecule has 3 amide bonds. The molecule has 2 aliphatic heterocycles. The van der Waals surface area contributed by atoms with E-state index in [-0.39, 0.29) is 42.5 Å². The van der Waals surface area contributed by atoms with Crippen molar-refractivity contribution in [1.29, 1.82) is 0 Å². The van der Waals surface area contributed by atoms with Crippen LogP contribution in [-0.2, 0) is 14.4 Å². The molecule has 2 unspecified atom stereocenters. The quantitative estimate of drug-likeness (QED) is 0.589. The van der Waals surface area contributed by atoms with Gasteiger partial charge in [0.1, 0.15) is 0 Å². The second kappa shape index (κ2) is 6.63. The highest BCUT2D eigenvalue weighted by atomic mass is 16.2. The summed E-state index contributed by atoms with van der Waals surface area (Å²) in [4.78, 5) is 40.2. The van der Waals surface area contributed by atoms with Crippen LogP contribution in [0, 0.1) is 11.8 Å². The van der Waals surface area contributed by atoms with Gasteiger partial charge in [0.05, 0.1) is 11.8 Å². The molecule has 0 aromatic heterocycles. The first-order valence-corrected chi connectivity index (χ1v) is 8.46. The minimum atomic E-state index is -0.189.